The van der Waals surface area contributed by atoms with E-state index in [-0.39, 0.29) is 31.0 Å². The summed E-state index contributed by atoms with van der Waals surface area (Å²) in [4.78, 5) is 33.1. The highest BCUT2D eigenvalue weighted by atomic mass is 16.6. The summed E-state index contributed by atoms with van der Waals surface area (Å²) < 4.78 is 10.2. The molecule has 0 spiro atoms. The van der Waals surface area contributed by atoms with Crippen LogP contribution in [0.4, 0.5) is 0 Å². The first kappa shape index (κ1) is 14.8. The van der Waals surface area contributed by atoms with E-state index < -0.39 is 23.9 Å². The van der Waals surface area contributed by atoms with Crippen molar-refractivity contribution in [2.75, 3.05) is 13.2 Å². The van der Waals surface area contributed by atoms with Crippen LogP contribution in [-0.4, -0.2) is 47.3 Å². The quantitative estimate of drug-likeness (QED) is 0.607. The molecule has 1 heterocycles. The van der Waals surface area contributed by atoms with Gasteiger partial charge < -0.3 is 25.0 Å². The van der Waals surface area contributed by atoms with Crippen LogP contribution in [0.15, 0.2) is 11.5 Å². The Hall–Kier alpha value is -2.25. The van der Waals surface area contributed by atoms with E-state index in [1.807, 2.05) is 0 Å². The maximum atomic E-state index is 11.8. The van der Waals surface area contributed by atoms with E-state index in [0.29, 0.717) is 6.61 Å². The number of allylic oxidation sites excluding steroid dienone is 1. The monoisotopic (exact) mass is 273 g/mol. The molecule has 1 rings (SSSR count). The van der Waals surface area contributed by atoms with Crippen molar-refractivity contribution in [3.63, 3.8) is 0 Å². The summed E-state index contributed by atoms with van der Waals surface area (Å²) in [5.74, 6) is -2.97. The van der Waals surface area contributed by atoms with Gasteiger partial charge in [-0.25, -0.2) is 4.79 Å². The van der Waals surface area contributed by atoms with E-state index in [1.165, 1.54) is 6.92 Å². The number of nitrogens with one attached hydrogen (secondary N) is 1. The SMILES string of the molecule is CC1=C(C(=O)N[C@@H](CCC(=O)O)C(=O)O)OCCO1. The van der Waals surface area contributed by atoms with Crippen LogP contribution < -0.4 is 5.32 Å². The molecule has 0 aromatic heterocycles. The topological polar surface area (TPSA) is 122 Å². The number of carboxylic acids is 2. The smallest absolute Gasteiger partial charge is 0.326 e. The molecule has 0 unspecified atom stereocenters. The third kappa shape index (κ3) is 4.49. The largest absolute Gasteiger partial charge is 0.491 e. The van der Waals surface area contributed by atoms with Gasteiger partial charge in [-0.1, -0.05) is 0 Å². The Balaban J connectivity index is 2.65. The molecule has 3 N–H and O–H groups in total. The fourth-order valence-corrected chi connectivity index (χ4v) is 1.48. The Labute approximate surface area is 109 Å². The van der Waals surface area contributed by atoms with Crippen molar-refractivity contribution < 1.29 is 34.1 Å². The van der Waals surface area contributed by atoms with Crippen LogP contribution in [0.2, 0.25) is 0 Å². The van der Waals surface area contributed by atoms with Crippen molar-refractivity contribution in [1.29, 1.82) is 0 Å². The minimum absolute atomic E-state index is 0.0761. The predicted molar refractivity (Wildman–Crippen MR) is 61.0 cm³/mol. The molecule has 106 valence electrons. The summed E-state index contributed by atoms with van der Waals surface area (Å²) in [6, 6.07) is -1.28. The molecule has 8 heteroatoms. The molecule has 1 amide bonds. The van der Waals surface area contributed by atoms with E-state index in [2.05, 4.69) is 5.32 Å². The van der Waals surface area contributed by atoms with E-state index in [1.54, 1.807) is 0 Å². The van der Waals surface area contributed by atoms with Crippen molar-refractivity contribution in [3.8, 4) is 0 Å². The number of amides is 1. The van der Waals surface area contributed by atoms with Gasteiger partial charge in [-0.05, 0) is 13.3 Å². The second-order valence-corrected chi connectivity index (χ2v) is 3.88. The van der Waals surface area contributed by atoms with Crippen molar-refractivity contribution in [1.82, 2.24) is 5.32 Å². The maximum Gasteiger partial charge on any atom is 0.326 e. The summed E-state index contributed by atoms with van der Waals surface area (Å²) in [6.45, 7) is 2.05. The van der Waals surface area contributed by atoms with Crippen molar-refractivity contribution >= 4 is 17.8 Å². The zero-order chi connectivity index (χ0) is 14.4. The number of ether oxygens (including phenoxy) is 2. The fraction of sp³-hybridized carbons (Fsp3) is 0.545. The molecule has 0 aromatic rings. The number of hydrogen-bond acceptors (Lipinski definition) is 5. The van der Waals surface area contributed by atoms with E-state index >= 15 is 0 Å². The van der Waals surface area contributed by atoms with Crippen molar-refractivity contribution in [2.24, 2.45) is 0 Å². The molecular formula is C11H15NO7. The predicted octanol–water partition coefficient (Wildman–Crippen LogP) is -0.301. The van der Waals surface area contributed by atoms with E-state index in [0.717, 1.165) is 0 Å². The Morgan fingerprint density at radius 3 is 2.42 bits per heavy atom. The second kappa shape index (κ2) is 6.62. The highest BCUT2D eigenvalue weighted by molar-refractivity contribution is 5.94. The molecule has 19 heavy (non-hydrogen) atoms. The number of carbonyl (C=O) groups is 3. The van der Waals surface area contributed by atoms with Crippen LogP contribution in [0.5, 0.6) is 0 Å². The number of hydrogen-bond donors (Lipinski definition) is 3. The first-order chi connectivity index (χ1) is 8.91. The van der Waals surface area contributed by atoms with Crippen LogP contribution >= 0.6 is 0 Å². The van der Waals surface area contributed by atoms with Gasteiger partial charge in [0.25, 0.3) is 5.91 Å². The molecule has 1 atom stereocenters. The maximum absolute atomic E-state index is 11.8. The van der Waals surface area contributed by atoms with Gasteiger partial charge in [0.15, 0.2) is 0 Å². The lowest BCUT2D eigenvalue weighted by molar-refractivity contribution is -0.143. The first-order valence-corrected chi connectivity index (χ1v) is 5.63. The van der Waals surface area contributed by atoms with Crippen molar-refractivity contribution in [2.45, 2.75) is 25.8 Å². The molecule has 0 fully saturated rings. The summed E-state index contributed by atoms with van der Waals surface area (Å²) in [5, 5.41) is 19.6. The van der Waals surface area contributed by atoms with Crippen LogP contribution in [0.25, 0.3) is 0 Å². The zero-order valence-electron chi connectivity index (χ0n) is 10.3. The molecule has 0 aromatic carbocycles. The molecule has 0 aliphatic carbocycles. The fourth-order valence-electron chi connectivity index (χ4n) is 1.48. The van der Waals surface area contributed by atoms with Gasteiger partial charge in [-0.2, -0.15) is 0 Å². The lowest BCUT2D eigenvalue weighted by Crippen LogP contribution is -2.43. The summed E-state index contributed by atoms with van der Waals surface area (Å²) >= 11 is 0. The summed E-state index contributed by atoms with van der Waals surface area (Å²) in [7, 11) is 0. The first-order valence-electron chi connectivity index (χ1n) is 5.63. The zero-order valence-corrected chi connectivity index (χ0v) is 10.3. The number of rotatable bonds is 6. The Morgan fingerprint density at radius 2 is 1.89 bits per heavy atom. The van der Waals surface area contributed by atoms with Crippen LogP contribution in [0.3, 0.4) is 0 Å². The summed E-state index contributed by atoms with van der Waals surface area (Å²) in [6.07, 6.45) is -0.559. The molecule has 1 aliphatic rings. The van der Waals surface area contributed by atoms with Gasteiger partial charge in [0.2, 0.25) is 5.76 Å². The molecule has 0 saturated carbocycles. The highest BCUT2D eigenvalue weighted by Gasteiger charge is 2.26. The molecule has 8 nitrogen and oxygen atoms in total. The Morgan fingerprint density at radius 1 is 1.26 bits per heavy atom. The molecule has 0 bridgehead atoms. The van der Waals surface area contributed by atoms with E-state index in [9.17, 15) is 14.4 Å². The minimum atomic E-state index is -1.30. The Bertz CT molecular complexity index is 415. The van der Waals surface area contributed by atoms with Crippen molar-refractivity contribution in [3.05, 3.63) is 11.5 Å². The lowest BCUT2D eigenvalue weighted by Gasteiger charge is -2.21. The second-order valence-electron chi connectivity index (χ2n) is 3.88. The van der Waals surface area contributed by atoms with Gasteiger partial charge in [0, 0.05) is 6.42 Å². The van der Waals surface area contributed by atoms with Crippen LogP contribution in [0.1, 0.15) is 19.8 Å². The third-order valence-electron chi connectivity index (χ3n) is 2.42. The normalized spacial score (nSPS) is 16.1. The van der Waals surface area contributed by atoms with Gasteiger partial charge >= 0.3 is 11.9 Å². The minimum Gasteiger partial charge on any atom is -0.491 e. The lowest BCUT2D eigenvalue weighted by atomic mass is 10.1. The standard InChI is InChI=1S/C11H15NO7/c1-6-9(19-5-4-18-6)10(15)12-7(11(16)17)2-3-8(13)14/h7H,2-5H2,1H3,(H,12,15)(H,13,14)(H,16,17)/t7-/m0/s1. The van der Waals surface area contributed by atoms with E-state index in [4.69, 9.17) is 19.7 Å². The van der Waals surface area contributed by atoms with Gasteiger partial charge in [0.1, 0.15) is 25.0 Å². The van der Waals surface area contributed by atoms with Crippen LogP contribution in [0, 0.1) is 0 Å². The van der Waals surface area contributed by atoms with Gasteiger partial charge in [-0.15, -0.1) is 0 Å². The molecular weight excluding hydrogens is 258 g/mol. The third-order valence-corrected chi connectivity index (χ3v) is 2.42. The van der Waals surface area contributed by atoms with Gasteiger partial charge in [0.05, 0.1) is 0 Å². The molecule has 0 radical (unpaired) electrons. The summed E-state index contributed by atoms with van der Waals surface area (Å²) in [5.41, 5.74) is 0. The molecule has 0 saturated heterocycles. The van der Waals surface area contributed by atoms with Crippen LogP contribution in [-0.2, 0) is 23.9 Å². The molecule has 1 aliphatic heterocycles. The van der Waals surface area contributed by atoms with Gasteiger partial charge in [-0.3, -0.25) is 9.59 Å². The average molecular weight is 273 g/mol. The Kier molecular flexibility index (Phi) is 5.16. The number of aliphatic carboxylic acids is 2. The average Bonchev–Trinajstić information content (AvgIpc) is 2.34. The number of carboxylic acid groups (broad SMARTS) is 2. The number of carbonyl (C=O) groups excluding carboxylic acids is 1. The highest BCUT2D eigenvalue weighted by Crippen LogP contribution is 2.13.